The molecule has 2 aromatic rings. The fraction of sp³-hybridized carbons (Fsp3) is 0.474. The van der Waals surface area contributed by atoms with Gasteiger partial charge in [-0.3, -0.25) is 4.79 Å². The van der Waals surface area contributed by atoms with Crippen LogP contribution in [0.3, 0.4) is 0 Å². The number of hydrogen-bond acceptors (Lipinski definition) is 3. The first-order chi connectivity index (χ1) is 12.7. The third-order valence-electron chi connectivity index (χ3n) is 5.24. The lowest BCUT2D eigenvalue weighted by molar-refractivity contribution is 0.0946. The number of benzene rings is 1. The fourth-order valence-corrected chi connectivity index (χ4v) is 3.90. The minimum atomic E-state index is 0.00313. The highest BCUT2D eigenvalue weighted by Crippen LogP contribution is 2.28. The van der Waals surface area contributed by atoms with Crippen LogP contribution < -0.4 is 16.0 Å². The highest BCUT2D eigenvalue weighted by atomic mass is 16.2. The first kappa shape index (κ1) is 16.9. The van der Waals surface area contributed by atoms with Crippen LogP contribution in [0.25, 0.3) is 10.9 Å². The summed E-state index contributed by atoms with van der Waals surface area (Å²) in [4.78, 5) is 29.6. The standard InChI is InChI=1S/C19H25N5O2/c25-18-15-2-3-16-17(14(15)5-8-21-18)13(12-23-16)4-7-22-19(26)24-10-1-6-20-9-11-24/h2-3,12,20,23H,1,4-11H2,(H,21,25)(H,22,26). The quantitative estimate of drug-likeness (QED) is 0.662. The molecule has 2 aliphatic rings. The third kappa shape index (κ3) is 3.26. The number of nitrogens with zero attached hydrogens (tertiary/aromatic N) is 1. The van der Waals surface area contributed by atoms with Crippen LogP contribution in [0.5, 0.6) is 0 Å². The summed E-state index contributed by atoms with van der Waals surface area (Å²) < 4.78 is 0. The molecule has 7 nitrogen and oxygen atoms in total. The van der Waals surface area contributed by atoms with E-state index >= 15 is 0 Å². The van der Waals surface area contributed by atoms with Crippen molar-refractivity contribution < 1.29 is 9.59 Å². The number of aromatic nitrogens is 1. The topological polar surface area (TPSA) is 89.3 Å². The van der Waals surface area contributed by atoms with Gasteiger partial charge in [-0.2, -0.15) is 0 Å². The van der Waals surface area contributed by atoms with E-state index in [0.29, 0.717) is 13.1 Å². The minimum absolute atomic E-state index is 0.00313. The average molecular weight is 355 g/mol. The van der Waals surface area contributed by atoms with E-state index in [0.717, 1.165) is 73.0 Å². The van der Waals surface area contributed by atoms with Crippen molar-refractivity contribution in [3.63, 3.8) is 0 Å². The van der Waals surface area contributed by atoms with Crippen molar-refractivity contribution in [1.29, 1.82) is 0 Å². The molecule has 4 N–H and O–H groups in total. The number of urea groups is 1. The monoisotopic (exact) mass is 355 g/mol. The molecule has 1 aromatic heterocycles. The number of fused-ring (bicyclic) bond motifs is 3. The van der Waals surface area contributed by atoms with Crippen LogP contribution >= 0.6 is 0 Å². The molecule has 4 rings (SSSR count). The lowest BCUT2D eigenvalue weighted by Gasteiger charge is -2.20. The second-order valence-electron chi connectivity index (χ2n) is 6.91. The van der Waals surface area contributed by atoms with Gasteiger partial charge in [-0.05, 0) is 49.1 Å². The van der Waals surface area contributed by atoms with Crippen molar-refractivity contribution in [1.82, 2.24) is 25.8 Å². The van der Waals surface area contributed by atoms with Gasteiger partial charge in [0.05, 0.1) is 0 Å². The Balaban J connectivity index is 1.45. The van der Waals surface area contributed by atoms with Crippen LogP contribution in [-0.4, -0.2) is 61.1 Å². The second-order valence-corrected chi connectivity index (χ2v) is 6.91. The van der Waals surface area contributed by atoms with Gasteiger partial charge >= 0.3 is 6.03 Å². The van der Waals surface area contributed by atoms with Crippen molar-refractivity contribution in [2.75, 3.05) is 39.3 Å². The van der Waals surface area contributed by atoms with Gasteiger partial charge in [0.25, 0.3) is 5.91 Å². The smallest absolute Gasteiger partial charge is 0.317 e. The van der Waals surface area contributed by atoms with Gasteiger partial charge < -0.3 is 25.8 Å². The molecular weight excluding hydrogens is 330 g/mol. The lowest BCUT2D eigenvalue weighted by Crippen LogP contribution is -2.42. The summed E-state index contributed by atoms with van der Waals surface area (Å²) in [6.45, 7) is 4.64. The van der Waals surface area contributed by atoms with E-state index in [4.69, 9.17) is 0 Å². The Morgan fingerprint density at radius 1 is 1.19 bits per heavy atom. The van der Waals surface area contributed by atoms with Crippen molar-refractivity contribution in [3.8, 4) is 0 Å². The van der Waals surface area contributed by atoms with Crippen LogP contribution in [-0.2, 0) is 12.8 Å². The first-order valence-corrected chi connectivity index (χ1v) is 9.37. The van der Waals surface area contributed by atoms with Crippen molar-refractivity contribution >= 4 is 22.8 Å². The summed E-state index contributed by atoms with van der Waals surface area (Å²) in [5, 5.41) is 10.4. The molecule has 0 bridgehead atoms. The summed E-state index contributed by atoms with van der Waals surface area (Å²) >= 11 is 0. The van der Waals surface area contributed by atoms with Gasteiger partial charge in [-0.15, -0.1) is 0 Å². The van der Waals surface area contributed by atoms with Gasteiger partial charge in [0, 0.05) is 55.4 Å². The molecular formula is C19H25N5O2. The maximum atomic E-state index is 12.3. The largest absolute Gasteiger partial charge is 0.361 e. The number of carbonyl (C=O) groups is 2. The number of carbonyl (C=O) groups excluding carboxylic acids is 2. The highest BCUT2D eigenvalue weighted by molar-refractivity contribution is 6.02. The number of amides is 3. The zero-order chi connectivity index (χ0) is 17.9. The Hall–Kier alpha value is -2.54. The summed E-state index contributed by atoms with van der Waals surface area (Å²) in [6.07, 6.45) is 4.58. The maximum absolute atomic E-state index is 12.3. The molecule has 3 amide bonds. The number of rotatable bonds is 3. The molecule has 1 saturated heterocycles. The highest BCUT2D eigenvalue weighted by Gasteiger charge is 2.21. The number of hydrogen-bond donors (Lipinski definition) is 4. The molecule has 138 valence electrons. The van der Waals surface area contributed by atoms with E-state index in [1.54, 1.807) is 0 Å². The predicted octanol–water partition coefficient (Wildman–Crippen LogP) is 1.00. The fourth-order valence-electron chi connectivity index (χ4n) is 3.90. The SMILES string of the molecule is O=C1NCCc2c1ccc1[nH]cc(CCNC(=O)N3CCCNCC3)c21. The Morgan fingerprint density at radius 3 is 3.04 bits per heavy atom. The van der Waals surface area contributed by atoms with E-state index in [2.05, 4.69) is 20.9 Å². The van der Waals surface area contributed by atoms with Crippen molar-refractivity contribution in [2.24, 2.45) is 0 Å². The van der Waals surface area contributed by atoms with Gasteiger partial charge in [0.15, 0.2) is 0 Å². The molecule has 26 heavy (non-hydrogen) atoms. The number of H-pyrrole nitrogens is 1. The van der Waals surface area contributed by atoms with Gasteiger partial charge in [0.1, 0.15) is 0 Å². The molecule has 0 unspecified atom stereocenters. The molecule has 1 aromatic carbocycles. The summed E-state index contributed by atoms with van der Waals surface area (Å²) in [7, 11) is 0. The van der Waals surface area contributed by atoms with Crippen LogP contribution in [0.1, 0.15) is 27.9 Å². The van der Waals surface area contributed by atoms with Crippen molar-refractivity contribution in [3.05, 3.63) is 35.0 Å². The Labute approximate surface area is 152 Å². The Morgan fingerprint density at radius 2 is 2.12 bits per heavy atom. The molecule has 0 radical (unpaired) electrons. The molecule has 0 saturated carbocycles. The second kappa shape index (κ2) is 7.37. The van der Waals surface area contributed by atoms with E-state index in [1.165, 1.54) is 0 Å². The molecule has 3 heterocycles. The van der Waals surface area contributed by atoms with Gasteiger partial charge in [0.2, 0.25) is 0 Å². The lowest BCUT2D eigenvalue weighted by atomic mass is 9.94. The van der Waals surface area contributed by atoms with Gasteiger partial charge in [-0.25, -0.2) is 4.79 Å². The maximum Gasteiger partial charge on any atom is 0.317 e. The normalized spacial score (nSPS) is 17.5. The Kier molecular flexibility index (Phi) is 4.79. The number of aromatic amines is 1. The molecule has 0 spiro atoms. The zero-order valence-corrected chi connectivity index (χ0v) is 14.9. The molecule has 0 aliphatic carbocycles. The number of nitrogens with one attached hydrogen (secondary N) is 4. The zero-order valence-electron chi connectivity index (χ0n) is 14.9. The molecule has 7 heteroatoms. The minimum Gasteiger partial charge on any atom is -0.361 e. The summed E-state index contributed by atoms with van der Waals surface area (Å²) in [5.41, 5.74) is 4.10. The average Bonchev–Trinajstić information content (AvgIpc) is 2.88. The van der Waals surface area contributed by atoms with E-state index < -0.39 is 0 Å². The van der Waals surface area contributed by atoms with Crippen LogP contribution in [0, 0.1) is 0 Å². The van der Waals surface area contributed by atoms with Crippen LogP contribution in [0.4, 0.5) is 4.79 Å². The van der Waals surface area contributed by atoms with Crippen molar-refractivity contribution in [2.45, 2.75) is 19.3 Å². The molecule has 0 atom stereocenters. The van der Waals surface area contributed by atoms with Gasteiger partial charge in [-0.1, -0.05) is 0 Å². The molecule has 2 aliphatic heterocycles. The summed E-state index contributed by atoms with van der Waals surface area (Å²) in [6, 6.07) is 3.86. The summed E-state index contributed by atoms with van der Waals surface area (Å²) in [5.74, 6) is 0.00313. The van der Waals surface area contributed by atoms with Crippen LogP contribution in [0.2, 0.25) is 0 Å². The first-order valence-electron chi connectivity index (χ1n) is 9.37. The van der Waals surface area contributed by atoms with E-state index in [9.17, 15) is 9.59 Å². The van der Waals surface area contributed by atoms with E-state index in [1.807, 2.05) is 23.2 Å². The Bertz CT molecular complexity index is 821. The van der Waals surface area contributed by atoms with E-state index in [-0.39, 0.29) is 11.9 Å². The predicted molar refractivity (Wildman–Crippen MR) is 100 cm³/mol. The third-order valence-corrected chi connectivity index (χ3v) is 5.24. The van der Waals surface area contributed by atoms with Crippen LogP contribution in [0.15, 0.2) is 18.3 Å². The molecule has 1 fully saturated rings.